The number of nitro benzene ring substituents is 2. The molecule has 1 heterocycles. The van der Waals surface area contributed by atoms with Crippen LogP contribution in [0.1, 0.15) is 16.7 Å². The Labute approximate surface area is 208 Å². The first-order valence-corrected chi connectivity index (χ1v) is 11.9. The molecule has 2 amide bonds. The van der Waals surface area contributed by atoms with Crippen LogP contribution in [-0.2, 0) is 11.3 Å². The van der Waals surface area contributed by atoms with Crippen LogP contribution in [0.4, 0.5) is 16.2 Å². The molecule has 0 saturated carbocycles. The van der Waals surface area contributed by atoms with Gasteiger partial charge in [0.1, 0.15) is 0 Å². The minimum absolute atomic E-state index is 0.0354. The lowest BCUT2D eigenvalue weighted by atomic mass is 10.1. The van der Waals surface area contributed by atoms with E-state index in [0.717, 1.165) is 27.1 Å². The molecule has 1 fully saturated rings. The fourth-order valence-corrected chi connectivity index (χ4v) is 5.02. The number of carbonyl (C=O) groups excluding carboxylic acids is 2. The van der Waals surface area contributed by atoms with Crippen LogP contribution < -0.4 is 0 Å². The van der Waals surface area contributed by atoms with Gasteiger partial charge in [-0.3, -0.25) is 34.7 Å². The summed E-state index contributed by atoms with van der Waals surface area (Å²) < 4.78 is 0. The molecular weight excluding hydrogens is 490 g/mol. The molecule has 0 spiro atoms. The van der Waals surface area contributed by atoms with Crippen molar-refractivity contribution < 1.29 is 19.4 Å². The van der Waals surface area contributed by atoms with E-state index in [0.29, 0.717) is 16.0 Å². The number of non-ortho nitro benzene ring substituents is 1. The summed E-state index contributed by atoms with van der Waals surface area (Å²) >= 11 is 2.01. The molecule has 9 nitrogen and oxygen atoms in total. The molecule has 35 heavy (non-hydrogen) atoms. The van der Waals surface area contributed by atoms with E-state index in [1.165, 1.54) is 48.2 Å². The van der Waals surface area contributed by atoms with E-state index in [2.05, 4.69) is 0 Å². The molecule has 1 aliphatic heterocycles. The summed E-state index contributed by atoms with van der Waals surface area (Å²) in [6, 6.07) is 17.9. The Morgan fingerprint density at radius 2 is 1.63 bits per heavy atom. The molecule has 0 aliphatic carbocycles. The number of amides is 2. The SMILES string of the molecule is Cc1ccc(Sc2ccc(C=C3SC(=O)N(Cc4ccc([N+](=O)[O-])cc4)C3=O)cc2[N+](=O)[O-])cc1. The maximum atomic E-state index is 12.8. The zero-order valence-corrected chi connectivity index (χ0v) is 19.9. The highest BCUT2D eigenvalue weighted by molar-refractivity contribution is 8.18. The van der Waals surface area contributed by atoms with Gasteiger partial charge in [0.25, 0.3) is 22.5 Å². The van der Waals surface area contributed by atoms with Crippen LogP contribution in [0.2, 0.25) is 0 Å². The minimum atomic E-state index is -0.531. The van der Waals surface area contributed by atoms with Crippen molar-refractivity contribution in [2.24, 2.45) is 0 Å². The maximum Gasteiger partial charge on any atom is 0.293 e. The Balaban J connectivity index is 1.54. The van der Waals surface area contributed by atoms with Crippen LogP contribution in [0.15, 0.2) is 81.4 Å². The van der Waals surface area contributed by atoms with Gasteiger partial charge in [-0.15, -0.1) is 0 Å². The first-order chi connectivity index (χ1) is 16.7. The van der Waals surface area contributed by atoms with Gasteiger partial charge in [-0.2, -0.15) is 0 Å². The molecule has 0 N–H and O–H groups in total. The van der Waals surface area contributed by atoms with Crippen LogP contribution in [-0.4, -0.2) is 25.9 Å². The number of imide groups is 1. The van der Waals surface area contributed by atoms with E-state index in [1.54, 1.807) is 12.1 Å². The number of nitrogens with zero attached hydrogens (tertiary/aromatic N) is 3. The number of benzene rings is 3. The number of hydrogen-bond acceptors (Lipinski definition) is 8. The second-order valence-electron chi connectivity index (χ2n) is 7.59. The van der Waals surface area contributed by atoms with Gasteiger partial charge in [0.15, 0.2) is 0 Å². The van der Waals surface area contributed by atoms with Gasteiger partial charge in [0.2, 0.25) is 0 Å². The molecule has 1 aliphatic rings. The summed E-state index contributed by atoms with van der Waals surface area (Å²) in [5, 5.41) is 22.0. The third-order valence-corrected chi connectivity index (χ3v) is 7.07. The third kappa shape index (κ3) is 5.58. The van der Waals surface area contributed by atoms with E-state index in [1.807, 2.05) is 31.2 Å². The Hall–Kier alpha value is -3.96. The zero-order valence-electron chi connectivity index (χ0n) is 18.2. The quantitative estimate of drug-likeness (QED) is 0.210. The first-order valence-electron chi connectivity index (χ1n) is 10.2. The standard InChI is InChI=1S/C24H17N3O6S2/c1-15-2-9-19(10-3-15)34-21-11-6-17(12-20(21)27(32)33)13-22-23(28)25(24(29)35-22)14-16-4-7-18(8-5-16)26(30)31/h2-13H,14H2,1H3. The van der Waals surface area contributed by atoms with E-state index >= 15 is 0 Å². The van der Waals surface area contributed by atoms with Crippen LogP contribution in [0.5, 0.6) is 0 Å². The average Bonchev–Trinajstić information content (AvgIpc) is 3.09. The van der Waals surface area contributed by atoms with Crippen molar-refractivity contribution in [3.8, 4) is 0 Å². The predicted octanol–water partition coefficient (Wildman–Crippen LogP) is 6.20. The van der Waals surface area contributed by atoms with Crippen molar-refractivity contribution in [2.75, 3.05) is 0 Å². The Bertz CT molecular complexity index is 1370. The third-order valence-electron chi connectivity index (χ3n) is 5.09. The van der Waals surface area contributed by atoms with Crippen molar-refractivity contribution in [3.05, 3.63) is 109 Å². The lowest BCUT2D eigenvalue weighted by molar-refractivity contribution is -0.387. The fraction of sp³-hybridized carbons (Fsp3) is 0.0833. The lowest BCUT2D eigenvalue weighted by Gasteiger charge is -2.12. The number of carbonyl (C=O) groups is 2. The maximum absolute atomic E-state index is 12.8. The van der Waals surface area contributed by atoms with Gasteiger partial charge in [-0.1, -0.05) is 47.7 Å². The van der Waals surface area contributed by atoms with Gasteiger partial charge in [0, 0.05) is 23.1 Å². The summed E-state index contributed by atoms with van der Waals surface area (Å²) in [6.45, 7) is 1.92. The van der Waals surface area contributed by atoms with Crippen molar-refractivity contribution in [2.45, 2.75) is 23.3 Å². The van der Waals surface area contributed by atoms with E-state index < -0.39 is 21.0 Å². The number of thioether (sulfide) groups is 1. The van der Waals surface area contributed by atoms with Gasteiger partial charge < -0.3 is 0 Å². The molecule has 176 valence electrons. The molecule has 0 aromatic heterocycles. The smallest absolute Gasteiger partial charge is 0.268 e. The molecule has 0 unspecified atom stereocenters. The molecule has 0 bridgehead atoms. The highest BCUT2D eigenvalue weighted by atomic mass is 32.2. The summed E-state index contributed by atoms with van der Waals surface area (Å²) in [4.78, 5) is 49.2. The minimum Gasteiger partial charge on any atom is -0.268 e. The van der Waals surface area contributed by atoms with Crippen LogP contribution >= 0.6 is 23.5 Å². The molecule has 0 radical (unpaired) electrons. The van der Waals surface area contributed by atoms with E-state index in [-0.39, 0.29) is 22.8 Å². The van der Waals surface area contributed by atoms with Gasteiger partial charge in [0.05, 0.1) is 26.2 Å². The monoisotopic (exact) mass is 507 g/mol. The molecule has 4 rings (SSSR count). The molecule has 0 atom stereocenters. The molecule has 1 saturated heterocycles. The predicted molar refractivity (Wildman–Crippen MR) is 133 cm³/mol. The molecular formula is C24H17N3O6S2. The Kier molecular flexibility index (Phi) is 6.99. The molecule has 11 heteroatoms. The highest BCUT2D eigenvalue weighted by Gasteiger charge is 2.35. The number of rotatable bonds is 7. The summed E-state index contributed by atoms with van der Waals surface area (Å²) in [5.41, 5.74) is 1.88. The zero-order chi connectivity index (χ0) is 25.1. The largest absolute Gasteiger partial charge is 0.293 e. The highest BCUT2D eigenvalue weighted by Crippen LogP contribution is 2.38. The number of hydrogen-bond donors (Lipinski definition) is 0. The first kappa shape index (κ1) is 24.2. The Morgan fingerprint density at radius 3 is 2.26 bits per heavy atom. The van der Waals surface area contributed by atoms with E-state index in [4.69, 9.17) is 0 Å². The second kappa shape index (κ2) is 10.1. The topological polar surface area (TPSA) is 124 Å². The van der Waals surface area contributed by atoms with Crippen LogP contribution in [0.25, 0.3) is 6.08 Å². The summed E-state index contributed by atoms with van der Waals surface area (Å²) in [7, 11) is 0. The summed E-state index contributed by atoms with van der Waals surface area (Å²) in [6.07, 6.45) is 1.45. The molecule has 3 aromatic carbocycles. The second-order valence-corrected chi connectivity index (χ2v) is 9.70. The average molecular weight is 508 g/mol. The lowest BCUT2D eigenvalue weighted by Crippen LogP contribution is -2.27. The van der Waals surface area contributed by atoms with Crippen molar-refractivity contribution in [3.63, 3.8) is 0 Å². The van der Waals surface area contributed by atoms with Crippen LogP contribution in [0, 0.1) is 27.2 Å². The normalized spacial score (nSPS) is 14.5. The van der Waals surface area contributed by atoms with E-state index in [9.17, 15) is 29.8 Å². The van der Waals surface area contributed by atoms with Crippen molar-refractivity contribution >= 4 is 52.1 Å². The fourth-order valence-electron chi connectivity index (χ4n) is 3.28. The van der Waals surface area contributed by atoms with Gasteiger partial charge >= 0.3 is 0 Å². The van der Waals surface area contributed by atoms with Gasteiger partial charge in [-0.05, 0) is 54.1 Å². The number of nitro groups is 2. The van der Waals surface area contributed by atoms with Crippen molar-refractivity contribution in [1.82, 2.24) is 4.90 Å². The Morgan fingerprint density at radius 1 is 0.943 bits per heavy atom. The van der Waals surface area contributed by atoms with Crippen LogP contribution in [0.3, 0.4) is 0 Å². The summed E-state index contributed by atoms with van der Waals surface area (Å²) in [5.74, 6) is -0.529. The van der Waals surface area contributed by atoms with Crippen molar-refractivity contribution in [1.29, 1.82) is 0 Å². The van der Waals surface area contributed by atoms with Gasteiger partial charge in [-0.25, -0.2) is 0 Å². The molecule has 3 aromatic rings. The number of aryl methyl sites for hydroxylation is 1.